The van der Waals surface area contributed by atoms with Gasteiger partial charge in [0.25, 0.3) is 0 Å². The van der Waals surface area contributed by atoms with E-state index in [-0.39, 0.29) is 0 Å². The summed E-state index contributed by atoms with van der Waals surface area (Å²) in [7, 11) is 1.58. The summed E-state index contributed by atoms with van der Waals surface area (Å²) in [5.41, 5.74) is 6.32. The van der Waals surface area contributed by atoms with Crippen LogP contribution in [-0.2, 0) is 0 Å². The van der Waals surface area contributed by atoms with Gasteiger partial charge in [0, 0.05) is 19.1 Å². The van der Waals surface area contributed by atoms with Crippen molar-refractivity contribution in [1.29, 1.82) is 0 Å². The summed E-state index contributed by atoms with van der Waals surface area (Å²) in [6.45, 7) is 5.65. The van der Waals surface area contributed by atoms with Gasteiger partial charge in [0.1, 0.15) is 5.82 Å². The smallest absolute Gasteiger partial charge is 0.238 e. The molecule has 3 N–H and O–H groups in total. The zero-order chi connectivity index (χ0) is 14.4. The van der Waals surface area contributed by atoms with Crippen molar-refractivity contribution >= 4 is 11.5 Å². The second-order valence-corrected chi connectivity index (χ2v) is 5.46. The first-order valence-corrected chi connectivity index (χ1v) is 7.49. The fraction of sp³-hybridized carbons (Fsp3) is 0.667. The van der Waals surface area contributed by atoms with E-state index < -0.39 is 0 Å². The van der Waals surface area contributed by atoms with Crippen LogP contribution in [0, 0.1) is 0 Å². The summed E-state index contributed by atoms with van der Waals surface area (Å²) in [6.07, 6.45) is 5.18. The molecule has 0 radical (unpaired) electrons. The number of ether oxygens (including phenoxy) is 1. The molecule has 1 aromatic heterocycles. The van der Waals surface area contributed by atoms with Crippen molar-refractivity contribution in [3.05, 3.63) is 12.1 Å². The van der Waals surface area contributed by atoms with Gasteiger partial charge in [-0.25, -0.2) is 0 Å². The Balaban J connectivity index is 1.73. The topological polar surface area (TPSA) is 63.4 Å². The summed E-state index contributed by atoms with van der Waals surface area (Å²) in [6, 6.07) is 4.45. The number of nitrogens with one attached hydrogen (secondary N) is 1. The van der Waals surface area contributed by atoms with E-state index >= 15 is 0 Å². The SMILES string of the molecule is COc1nc(NCCCN2CCCCC2C)ccc1N. The molecule has 0 aromatic carbocycles. The summed E-state index contributed by atoms with van der Waals surface area (Å²) in [4.78, 5) is 6.90. The lowest BCUT2D eigenvalue weighted by atomic mass is 10.0. The third kappa shape index (κ3) is 4.00. The van der Waals surface area contributed by atoms with Crippen molar-refractivity contribution in [3.63, 3.8) is 0 Å². The van der Waals surface area contributed by atoms with Crippen LogP contribution in [-0.4, -0.2) is 42.7 Å². The summed E-state index contributed by atoms with van der Waals surface area (Å²) in [5, 5.41) is 3.33. The molecule has 1 fully saturated rings. The molecule has 112 valence electrons. The van der Waals surface area contributed by atoms with Gasteiger partial charge in [-0.15, -0.1) is 0 Å². The van der Waals surface area contributed by atoms with Crippen LogP contribution in [0.4, 0.5) is 11.5 Å². The average Bonchev–Trinajstić information content (AvgIpc) is 2.47. The maximum absolute atomic E-state index is 5.75. The summed E-state index contributed by atoms with van der Waals surface area (Å²) >= 11 is 0. The van der Waals surface area contributed by atoms with Crippen LogP contribution in [0.5, 0.6) is 5.88 Å². The molecule has 20 heavy (non-hydrogen) atoms. The van der Waals surface area contributed by atoms with E-state index in [9.17, 15) is 0 Å². The molecule has 0 bridgehead atoms. The molecule has 2 heterocycles. The minimum absolute atomic E-state index is 0.486. The van der Waals surface area contributed by atoms with E-state index in [1.807, 2.05) is 12.1 Å². The largest absolute Gasteiger partial charge is 0.479 e. The van der Waals surface area contributed by atoms with Gasteiger partial charge in [-0.1, -0.05) is 6.42 Å². The molecular weight excluding hydrogens is 252 g/mol. The Morgan fingerprint density at radius 3 is 3.05 bits per heavy atom. The Morgan fingerprint density at radius 2 is 2.30 bits per heavy atom. The molecule has 0 amide bonds. The zero-order valence-corrected chi connectivity index (χ0v) is 12.6. The predicted octanol–water partition coefficient (Wildman–Crippen LogP) is 2.35. The van der Waals surface area contributed by atoms with Crippen LogP contribution in [0.3, 0.4) is 0 Å². The van der Waals surface area contributed by atoms with Gasteiger partial charge in [0.2, 0.25) is 5.88 Å². The first-order chi connectivity index (χ1) is 9.70. The lowest BCUT2D eigenvalue weighted by molar-refractivity contribution is 0.160. The van der Waals surface area contributed by atoms with E-state index in [2.05, 4.69) is 22.1 Å². The number of likely N-dealkylation sites (tertiary alicyclic amines) is 1. The van der Waals surface area contributed by atoms with E-state index in [0.717, 1.165) is 31.4 Å². The van der Waals surface area contributed by atoms with Crippen molar-refractivity contribution < 1.29 is 4.74 Å². The third-order valence-electron chi connectivity index (χ3n) is 3.95. The van der Waals surface area contributed by atoms with Crippen LogP contribution in [0.1, 0.15) is 32.6 Å². The van der Waals surface area contributed by atoms with Gasteiger partial charge in [0.15, 0.2) is 0 Å². The molecule has 1 unspecified atom stereocenters. The molecule has 1 aromatic rings. The number of methoxy groups -OCH3 is 1. The maximum atomic E-state index is 5.75. The quantitative estimate of drug-likeness (QED) is 0.782. The molecule has 1 aliphatic rings. The third-order valence-corrected chi connectivity index (χ3v) is 3.95. The van der Waals surface area contributed by atoms with Crippen LogP contribution >= 0.6 is 0 Å². The molecule has 1 aliphatic heterocycles. The maximum Gasteiger partial charge on any atom is 0.238 e. The zero-order valence-electron chi connectivity index (χ0n) is 12.6. The Hall–Kier alpha value is -1.49. The molecule has 1 atom stereocenters. The Morgan fingerprint density at radius 1 is 1.45 bits per heavy atom. The second kappa shape index (κ2) is 7.33. The lowest BCUT2D eigenvalue weighted by Gasteiger charge is -2.33. The van der Waals surface area contributed by atoms with Crippen molar-refractivity contribution in [1.82, 2.24) is 9.88 Å². The number of anilines is 2. The van der Waals surface area contributed by atoms with E-state index in [1.54, 1.807) is 7.11 Å². The van der Waals surface area contributed by atoms with Crippen molar-refractivity contribution in [2.45, 2.75) is 38.6 Å². The number of nitrogen functional groups attached to an aromatic ring is 1. The highest BCUT2D eigenvalue weighted by atomic mass is 16.5. The molecule has 0 aliphatic carbocycles. The summed E-state index contributed by atoms with van der Waals surface area (Å²) in [5.74, 6) is 1.31. The predicted molar refractivity (Wildman–Crippen MR) is 83.2 cm³/mol. The van der Waals surface area contributed by atoms with Crippen LogP contribution in [0.25, 0.3) is 0 Å². The van der Waals surface area contributed by atoms with Gasteiger partial charge in [-0.3, -0.25) is 0 Å². The standard InChI is InChI=1S/C15H26N4O/c1-12-6-3-4-10-19(12)11-5-9-17-14-8-7-13(16)15(18-14)20-2/h7-8,12H,3-6,9-11,16H2,1-2H3,(H,17,18). The minimum Gasteiger partial charge on any atom is -0.479 e. The number of piperidine rings is 1. The highest BCUT2D eigenvalue weighted by Crippen LogP contribution is 2.20. The van der Waals surface area contributed by atoms with Crippen LogP contribution in [0.15, 0.2) is 12.1 Å². The summed E-state index contributed by atoms with van der Waals surface area (Å²) < 4.78 is 5.12. The van der Waals surface area contributed by atoms with Gasteiger partial charge in [0.05, 0.1) is 12.8 Å². The molecule has 5 heteroatoms. The number of nitrogens with two attached hydrogens (primary N) is 1. The van der Waals surface area contributed by atoms with Crippen molar-refractivity contribution in [2.24, 2.45) is 0 Å². The van der Waals surface area contributed by atoms with Gasteiger partial charge in [-0.2, -0.15) is 4.98 Å². The first kappa shape index (κ1) is 14.9. The van der Waals surface area contributed by atoms with Crippen molar-refractivity contribution in [2.75, 3.05) is 37.8 Å². The molecule has 0 saturated carbocycles. The van der Waals surface area contributed by atoms with Gasteiger partial charge >= 0.3 is 0 Å². The molecule has 2 rings (SSSR count). The minimum atomic E-state index is 0.486. The molecule has 5 nitrogen and oxygen atoms in total. The van der Waals surface area contributed by atoms with Crippen LogP contribution < -0.4 is 15.8 Å². The second-order valence-electron chi connectivity index (χ2n) is 5.46. The lowest BCUT2D eigenvalue weighted by Crippen LogP contribution is -2.38. The fourth-order valence-electron chi connectivity index (χ4n) is 2.70. The van der Waals surface area contributed by atoms with Crippen molar-refractivity contribution in [3.8, 4) is 5.88 Å². The van der Waals surface area contributed by atoms with Gasteiger partial charge in [-0.05, 0) is 44.9 Å². The molecule has 1 saturated heterocycles. The number of rotatable bonds is 6. The van der Waals surface area contributed by atoms with E-state index in [1.165, 1.54) is 25.8 Å². The Kier molecular flexibility index (Phi) is 5.47. The first-order valence-electron chi connectivity index (χ1n) is 7.49. The molecule has 0 spiro atoms. The van der Waals surface area contributed by atoms with Crippen LogP contribution in [0.2, 0.25) is 0 Å². The van der Waals surface area contributed by atoms with Gasteiger partial charge < -0.3 is 20.7 Å². The Labute approximate surface area is 121 Å². The fourth-order valence-corrected chi connectivity index (χ4v) is 2.70. The number of pyridine rings is 1. The average molecular weight is 278 g/mol. The molecular formula is C15H26N4O. The normalized spacial score (nSPS) is 19.8. The highest BCUT2D eigenvalue weighted by Gasteiger charge is 2.16. The van der Waals surface area contributed by atoms with E-state index in [0.29, 0.717) is 11.6 Å². The number of hydrogen-bond donors (Lipinski definition) is 2. The number of hydrogen-bond acceptors (Lipinski definition) is 5. The number of nitrogens with zero attached hydrogens (tertiary/aromatic N) is 2. The highest BCUT2D eigenvalue weighted by molar-refractivity contribution is 5.53. The number of aromatic nitrogens is 1. The monoisotopic (exact) mass is 278 g/mol. The Bertz CT molecular complexity index is 424. The van der Waals surface area contributed by atoms with E-state index in [4.69, 9.17) is 10.5 Å².